The average molecular weight is 208 g/mol. The number of nitrogens with zero attached hydrogens (tertiary/aromatic N) is 2. The van der Waals surface area contributed by atoms with Gasteiger partial charge in [-0.3, -0.25) is 4.79 Å². The lowest BCUT2D eigenvalue weighted by molar-refractivity contribution is -0.172. The fourth-order valence-electron chi connectivity index (χ4n) is 1.67. The Kier molecular flexibility index (Phi) is 2.22. The van der Waals surface area contributed by atoms with E-state index in [1.54, 1.807) is 31.3 Å². The Hall–Kier alpha value is -1.43. The Morgan fingerprint density at radius 3 is 2.33 bits per heavy atom. The van der Waals surface area contributed by atoms with Crippen molar-refractivity contribution >= 4 is 11.6 Å². The Balaban J connectivity index is 2.35. The molecule has 1 fully saturated rings. The highest BCUT2D eigenvalue weighted by Gasteiger charge is 2.47. The number of amides is 1. The molecular formula is C10H12N2O3. The molecule has 0 aliphatic carbocycles. The standard InChI is InChI=1S/C10H12N2O3/c1-11-7-10(14,15)9(13)12(11)8-5-3-2-4-6-8/h2-6,14-15H,7H2,1H3. The number of carbonyl (C=O) groups is 1. The van der Waals surface area contributed by atoms with Crippen molar-refractivity contribution in [2.45, 2.75) is 5.79 Å². The Morgan fingerprint density at radius 2 is 1.87 bits per heavy atom. The second-order valence-electron chi connectivity index (χ2n) is 3.58. The first-order valence-electron chi connectivity index (χ1n) is 4.58. The van der Waals surface area contributed by atoms with Crippen LogP contribution < -0.4 is 5.01 Å². The summed E-state index contributed by atoms with van der Waals surface area (Å²) in [6.07, 6.45) is 0. The highest BCUT2D eigenvalue weighted by atomic mass is 16.5. The predicted molar refractivity (Wildman–Crippen MR) is 53.7 cm³/mol. The van der Waals surface area contributed by atoms with Crippen LogP contribution in [0.3, 0.4) is 0 Å². The summed E-state index contributed by atoms with van der Waals surface area (Å²) < 4.78 is 0. The summed E-state index contributed by atoms with van der Waals surface area (Å²) >= 11 is 0. The smallest absolute Gasteiger partial charge is 0.302 e. The van der Waals surface area contributed by atoms with Gasteiger partial charge in [-0.05, 0) is 12.1 Å². The van der Waals surface area contributed by atoms with Crippen LogP contribution in [0.5, 0.6) is 0 Å². The van der Waals surface area contributed by atoms with Gasteiger partial charge in [0.2, 0.25) is 0 Å². The first kappa shape index (κ1) is 10.1. The van der Waals surface area contributed by atoms with Crippen molar-refractivity contribution in [2.75, 3.05) is 18.6 Å². The monoisotopic (exact) mass is 208 g/mol. The van der Waals surface area contributed by atoms with Crippen LogP contribution in [0.15, 0.2) is 30.3 Å². The van der Waals surface area contributed by atoms with Gasteiger partial charge in [-0.2, -0.15) is 0 Å². The lowest BCUT2D eigenvalue weighted by Gasteiger charge is -2.22. The normalized spacial score (nSPS) is 21.0. The minimum Gasteiger partial charge on any atom is -0.357 e. The third-order valence-electron chi connectivity index (χ3n) is 2.33. The maximum atomic E-state index is 11.6. The summed E-state index contributed by atoms with van der Waals surface area (Å²) in [6.45, 7) is -0.124. The van der Waals surface area contributed by atoms with Crippen molar-refractivity contribution < 1.29 is 15.0 Å². The molecule has 1 aliphatic heterocycles. The van der Waals surface area contributed by atoms with Gasteiger partial charge in [-0.15, -0.1) is 0 Å². The molecule has 80 valence electrons. The number of β-amino-alcohol motifs (C(OH)–C–C–N with tert-alkyl or cyclic N) is 2. The van der Waals surface area contributed by atoms with Gasteiger partial charge in [0.05, 0.1) is 12.2 Å². The molecule has 5 nitrogen and oxygen atoms in total. The number of para-hydroxylation sites is 1. The molecule has 1 aliphatic rings. The summed E-state index contributed by atoms with van der Waals surface area (Å²) in [6, 6.07) is 8.86. The highest BCUT2D eigenvalue weighted by Crippen LogP contribution is 2.25. The molecule has 0 spiro atoms. The topological polar surface area (TPSA) is 64.0 Å². The zero-order chi connectivity index (χ0) is 11.1. The number of rotatable bonds is 1. The largest absolute Gasteiger partial charge is 0.357 e. The first-order chi connectivity index (χ1) is 7.02. The van der Waals surface area contributed by atoms with Crippen LogP contribution in [0.1, 0.15) is 0 Å². The number of hydrogen-bond donors (Lipinski definition) is 2. The van der Waals surface area contributed by atoms with E-state index < -0.39 is 11.7 Å². The fourth-order valence-corrected chi connectivity index (χ4v) is 1.67. The number of benzene rings is 1. The predicted octanol–water partition coefficient (Wildman–Crippen LogP) is -0.439. The number of anilines is 1. The van der Waals surface area contributed by atoms with E-state index >= 15 is 0 Å². The molecule has 2 N–H and O–H groups in total. The molecule has 2 rings (SSSR count). The van der Waals surface area contributed by atoms with Crippen molar-refractivity contribution in [1.29, 1.82) is 0 Å². The molecule has 1 aromatic carbocycles. The zero-order valence-corrected chi connectivity index (χ0v) is 8.29. The summed E-state index contributed by atoms with van der Waals surface area (Å²) in [4.78, 5) is 11.6. The van der Waals surface area contributed by atoms with Gasteiger partial charge < -0.3 is 10.2 Å². The maximum Gasteiger partial charge on any atom is 0.302 e. The molecule has 1 amide bonds. The molecule has 0 unspecified atom stereocenters. The van der Waals surface area contributed by atoms with Crippen molar-refractivity contribution in [3.63, 3.8) is 0 Å². The van der Waals surface area contributed by atoms with Crippen LogP contribution in [-0.2, 0) is 4.79 Å². The molecule has 0 bridgehead atoms. The summed E-state index contributed by atoms with van der Waals surface area (Å²) in [7, 11) is 1.62. The van der Waals surface area contributed by atoms with Crippen molar-refractivity contribution in [3.05, 3.63) is 30.3 Å². The summed E-state index contributed by atoms with van der Waals surface area (Å²) in [5, 5.41) is 21.5. The zero-order valence-electron chi connectivity index (χ0n) is 8.29. The van der Waals surface area contributed by atoms with E-state index in [-0.39, 0.29) is 6.54 Å². The van der Waals surface area contributed by atoms with Gasteiger partial charge in [-0.1, -0.05) is 18.2 Å². The molecule has 0 saturated carbocycles. The molecule has 1 saturated heterocycles. The van der Waals surface area contributed by atoms with Gasteiger partial charge >= 0.3 is 5.91 Å². The summed E-state index contributed by atoms with van der Waals surface area (Å²) in [5.41, 5.74) is 0.620. The molecule has 0 radical (unpaired) electrons. The van der Waals surface area contributed by atoms with Crippen LogP contribution in [0.2, 0.25) is 0 Å². The van der Waals surface area contributed by atoms with Gasteiger partial charge in [0.15, 0.2) is 0 Å². The quantitative estimate of drug-likeness (QED) is 0.614. The number of hydrazine groups is 1. The van der Waals surface area contributed by atoms with E-state index in [4.69, 9.17) is 0 Å². The number of likely N-dealkylation sites (N-methyl/N-ethyl adjacent to an activating group) is 1. The molecule has 1 aromatic rings. The summed E-state index contributed by atoms with van der Waals surface area (Å²) in [5.74, 6) is -3.01. The van der Waals surface area contributed by atoms with E-state index in [2.05, 4.69) is 0 Å². The first-order valence-corrected chi connectivity index (χ1v) is 4.58. The van der Waals surface area contributed by atoms with Crippen molar-refractivity contribution in [3.8, 4) is 0 Å². The fraction of sp³-hybridized carbons (Fsp3) is 0.300. The van der Waals surface area contributed by atoms with Gasteiger partial charge in [-0.25, -0.2) is 10.0 Å². The number of carbonyl (C=O) groups excluding carboxylic acids is 1. The molecule has 1 heterocycles. The van der Waals surface area contributed by atoms with Crippen LogP contribution in [0, 0.1) is 0 Å². The maximum absolute atomic E-state index is 11.6. The van der Waals surface area contributed by atoms with Gasteiger partial charge in [0, 0.05) is 7.05 Å². The van der Waals surface area contributed by atoms with E-state index in [1.807, 2.05) is 6.07 Å². The highest BCUT2D eigenvalue weighted by molar-refractivity contribution is 5.99. The van der Waals surface area contributed by atoms with Gasteiger partial charge in [0.25, 0.3) is 5.79 Å². The van der Waals surface area contributed by atoms with Crippen LogP contribution in [0.4, 0.5) is 5.69 Å². The minimum absolute atomic E-state index is 0.124. The number of aliphatic hydroxyl groups is 2. The van der Waals surface area contributed by atoms with E-state index in [9.17, 15) is 15.0 Å². The lowest BCUT2D eigenvalue weighted by Crippen LogP contribution is -2.41. The molecule has 0 atom stereocenters. The average Bonchev–Trinajstić information content (AvgIpc) is 2.38. The third-order valence-corrected chi connectivity index (χ3v) is 2.33. The van der Waals surface area contributed by atoms with E-state index in [1.165, 1.54) is 10.0 Å². The number of hydrogen-bond acceptors (Lipinski definition) is 4. The molecular weight excluding hydrogens is 196 g/mol. The van der Waals surface area contributed by atoms with Crippen molar-refractivity contribution in [2.24, 2.45) is 0 Å². The third kappa shape index (κ3) is 1.61. The minimum atomic E-state index is -2.29. The second-order valence-corrected chi connectivity index (χ2v) is 3.58. The Labute approximate surface area is 87.1 Å². The SMILES string of the molecule is CN1CC(O)(O)C(=O)N1c1ccccc1. The second kappa shape index (κ2) is 3.30. The molecule has 0 aromatic heterocycles. The van der Waals surface area contributed by atoms with Crippen molar-refractivity contribution in [1.82, 2.24) is 5.01 Å². The Bertz CT molecular complexity index is 378. The van der Waals surface area contributed by atoms with Crippen LogP contribution in [0.25, 0.3) is 0 Å². The van der Waals surface area contributed by atoms with Crippen LogP contribution in [-0.4, -0.2) is 40.5 Å². The molecule has 15 heavy (non-hydrogen) atoms. The van der Waals surface area contributed by atoms with E-state index in [0.717, 1.165) is 0 Å². The van der Waals surface area contributed by atoms with E-state index in [0.29, 0.717) is 5.69 Å². The van der Waals surface area contributed by atoms with Gasteiger partial charge in [0.1, 0.15) is 0 Å². The van der Waals surface area contributed by atoms with Crippen LogP contribution >= 0.6 is 0 Å². The molecule has 5 heteroatoms. The lowest BCUT2D eigenvalue weighted by atomic mass is 10.2. The Morgan fingerprint density at radius 1 is 1.27 bits per heavy atom.